The molecular formula is C21H23NO2. The van der Waals surface area contributed by atoms with Crippen molar-refractivity contribution < 1.29 is 9.53 Å². The molecule has 0 spiro atoms. The van der Waals surface area contributed by atoms with E-state index in [2.05, 4.69) is 53.4 Å². The van der Waals surface area contributed by atoms with Crippen molar-refractivity contribution in [3.63, 3.8) is 0 Å². The lowest BCUT2D eigenvalue weighted by molar-refractivity contribution is -0.149. The lowest BCUT2D eigenvalue weighted by Crippen LogP contribution is -2.39. The van der Waals surface area contributed by atoms with E-state index in [-0.39, 0.29) is 11.9 Å². The van der Waals surface area contributed by atoms with Crippen LogP contribution in [-0.4, -0.2) is 30.6 Å². The smallest absolute Gasteiger partial charge is 0.309 e. The third-order valence-electron chi connectivity index (χ3n) is 5.32. The molecule has 4 rings (SSSR count). The highest BCUT2D eigenvalue weighted by atomic mass is 16.5. The zero-order chi connectivity index (χ0) is 16.5. The van der Waals surface area contributed by atoms with E-state index in [4.69, 9.17) is 4.74 Å². The lowest BCUT2D eigenvalue weighted by Gasteiger charge is -2.36. The van der Waals surface area contributed by atoms with E-state index in [0.29, 0.717) is 12.6 Å². The predicted octanol–water partition coefficient (Wildman–Crippen LogP) is 4.03. The number of fused-ring (bicyclic) bond motifs is 3. The Kier molecular flexibility index (Phi) is 4.11. The third kappa shape index (κ3) is 2.53. The number of likely N-dealkylation sites (tertiary alicyclic amines) is 1. The van der Waals surface area contributed by atoms with Crippen LogP contribution in [0.5, 0.6) is 0 Å². The van der Waals surface area contributed by atoms with Crippen molar-refractivity contribution in [3.05, 3.63) is 59.7 Å². The van der Waals surface area contributed by atoms with Gasteiger partial charge in [-0.05, 0) is 55.1 Å². The monoisotopic (exact) mass is 321 g/mol. The molecule has 0 bridgehead atoms. The number of esters is 1. The predicted molar refractivity (Wildman–Crippen MR) is 94.7 cm³/mol. The van der Waals surface area contributed by atoms with Crippen LogP contribution in [0.25, 0.3) is 11.1 Å². The summed E-state index contributed by atoms with van der Waals surface area (Å²) in [5, 5.41) is 0. The molecule has 0 N–H and O–H groups in total. The van der Waals surface area contributed by atoms with Crippen LogP contribution in [0.3, 0.4) is 0 Å². The van der Waals surface area contributed by atoms with Crippen LogP contribution in [0.1, 0.15) is 36.9 Å². The van der Waals surface area contributed by atoms with Gasteiger partial charge in [-0.3, -0.25) is 9.69 Å². The fourth-order valence-corrected chi connectivity index (χ4v) is 4.18. The summed E-state index contributed by atoms with van der Waals surface area (Å²) in [5.74, 6) is 0.0393. The summed E-state index contributed by atoms with van der Waals surface area (Å²) in [6, 6.07) is 17.7. The average molecular weight is 321 g/mol. The van der Waals surface area contributed by atoms with E-state index < -0.39 is 0 Å². The summed E-state index contributed by atoms with van der Waals surface area (Å²) < 4.78 is 5.20. The van der Waals surface area contributed by atoms with Crippen LogP contribution in [0, 0.1) is 5.92 Å². The van der Waals surface area contributed by atoms with Gasteiger partial charge < -0.3 is 4.74 Å². The van der Waals surface area contributed by atoms with Crippen LogP contribution in [0.2, 0.25) is 0 Å². The molecule has 1 fully saturated rings. The minimum Gasteiger partial charge on any atom is -0.466 e. The maximum atomic E-state index is 12.0. The number of hydrogen-bond donors (Lipinski definition) is 0. The molecule has 1 aliphatic carbocycles. The largest absolute Gasteiger partial charge is 0.466 e. The number of rotatable bonds is 3. The topological polar surface area (TPSA) is 29.5 Å². The molecule has 2 aromatic rings. The standard InChI is InChI=1S/C21H23NO2/c1-2-24-21(23)15-11-13-22(14-12-15)20-18-9-5-3-7-16(18)17-8-4-6-10-19(17)20/h3-10,15,20H,2,11-14H2,1H3. The summed E-state index contributed by atoms with van der Waals surface area (Å²) in [5.41, 5.74) is 5.50. The second-order valence-corrected chi connectivity index (χ2v) is 6.64. The average Bonchev–Trinajstić information content (AvgIpc) is 2.97. The zero-order valence-corrected chi connectivity index (χ0v) is 14.1. The van der Waals surface area contributed by atoms with Gasteiger partial charge in [-0.15, -0.1) is 0 Å². The highest BCUT2D eigenvalue weighted by molar-refractivity contribution is 5.78. The summed E-state index contributed by atoms with van der Waals surface area (Å²) in [6.07, 6.45) is 1.78. The van der Waals surface area contributed by atoms with E-state index in [0.717, 1.165) is 25.9 Å². The molecular weight excluding hydrogens is 298 g/mol. The zero-order valence-electron chi connectivity index (χ0n) is 14.1. The van der Waals surface area contributed by atoms with Crippen LogP contribution in [0.4, 0.5) is 0 Å². The van der Waals surface area contributed by atoms with Crippen LogP contribution in [-0.2, 0) is 9.53 Å². The number of piperidine rings is 1. The molecule has 2 aromatic carbocycles. The van der Waals surface area contributed by atoms with Gasteiger partial charge in [-0.25, -0.2) is 0 Å². The van der Waals surface area contributed by atoms with Gasteiger partial charge in [0.05, 0.1) is 18.6 Å². The van der Waals surface area contributed by atoms with Crippen molar-refractivity contribution in [2.45, 2.75) is 25.8 Å². The molecule has 0 radical (unpaired) electrons. The molecule has 124 valence electrons. The van der Waals surface area contributed by atoms with Gasteiger partial charge in [0, 0.05) is 0 Å². The quantitative estimate of drug-likeness (QED) is 0.799. The SMILES string of the molecule is CCOC(=O)C1CCN(C2c3ccccc3-c3ccccc32)CC1. The molecule has 0 atom stereocenters. The molecule has 3 nitrogen and oxygen atoms in total. The Morgan fingerprint density at radius 1 is 1.00 bits per heavy atom. The normalized spacial score (nSPS) is 18.2. The molecule has 1 heterocycles. The minimum atomic E-state index is -0.0237. The first-order chi connectivity index (χ1) is 11.8. The van der Waals surface area contributed by atoms with Crippen LogP contribution in [0.15, 0.2) is 48.5 Å². The number of hydrogen-bond acceptors (Lipinski definition) is 3. The lowest BCUT2D eigenvalue weighted by atomic mass is 9.93. The van der Waals surface area contributed by atoms with E-state index >= 15 is 0 Å². The van der Waals surface area contributed by atoms with Gasteiger partial charge in [0.1, 0.15) is 0 Å². The molecule has 2 aliphatic rings. The maximum Gasteiger partial charge on any atom is 0.309 e. The Labute approximate surface area is 143 Å². The summed E-state index contributed by atoms with van der Waals surface area (Å²) in [4.78, 5) is 14.5. The molecule has 0 saturated carbocycles. The fraction of sp³-hybridized carbons (Fsp3) is 0.381. The first-order valence-electron chi connectivity index (χ1n) is 8.88. The van der Waals surface area contributed by atoms with Gasteiger partial charge in [-0.2, -0.15) is 0 Å². The van der Waals surface area contributed by atoms with E-state index in [1.807, 2.05) is 6.92 Å². The van der Waals surface area contributed by atoms with Crippen molar-refractivity contribution >= 4 is 5.97 Å². The van der Waals surface area contributed by atoms with Crippen LogP contribution >= 0.6 is 0 Å². The Hall–Kier alpha value is -2.13. The number of nitrogens with zero attached hydrogens (tertiary/aromatic N) is 1. The van der Waals surface area contributed by atoms with Crippen molar-refractivity contribution in [2.24, 2.45) is 5.92 Å². The van der Waals surface area contributed by atoms with E-state index in [1.165, 1.54) is 22.3 Å². The fourth-order valence-electron chi connectivity index (χ4n) is 4.18. The third-order valence-corrected chi connectivity index (χ3v) is 5.32. The Morgan fingerprint density at radius 3 is 2.08 bits per heavy atom. The molecule has 0 amide bonds. The molecule has 0 unspecified atom stereocenters. The second kappa shape index (κ2) is 6.40. The van der Waals surface area contributed by atoms with E-state index in [1.54, 1.807) is 0 Å². The number of benzene rings is 2. The van der Waals surface area contributed by atoms with E-state index in [9.17, 15) is 4.79 Å². The highest BCUT2D eigenvalue weighted by Gasteiger charge is 2.35. The number of carbonyl (C=O) groups excluding carboxylic acids is 1. The van der Waals surface area contributed by atoms with Gasteiger partial charge >= 0.3 is 5.97 Å². The van der Waals surface area contributed by atoms with Gasteiger partial charge in [-0.1, -0.05) is 48.5 Å². The Balaban J connectivity index is 1.58. The summed E-state index contributed by atoms with van der Waals surface area (Å²) in [6.45, 7) is 4.23. The minimum absolute atomic E-state index is 0.0237. The molecule has 1 saturated heterocycles. The maximum absolute atomic E-state index is 12.0. The number of carbonyl (C=O) groups is 1. The van der Waals surface area contributed by atoms with Crippen molar-refractivity contribution in [1.29, 1.82) is 0 Å². The van der Waals surface area contributed by atoms with Gasteiger partial charge in [0.2, 0.25) is 0 Å². The first kappa shape index (κ1) is 15.4. The Morgan fingerprint density at radius 2 is 1.54 bits per heavy atom. The molecule has 0 aromatic heterocycles. The van der Waals surface area contributed by atoms with Crippen LogP contribution < -0.4 is 0 Å². The summed E-state index contributed by atoms with van der Waals surface area (Å²) >= 11 is 0. The van der Waals surface area contributed by atoms with Gasteiger partial charge in [0.15, 0.2) is 0 Å². The Bertz CT molecular complexity index is 702. The van der Waals surface area contributed by atoms with Crippen molar-refractivity contribution in [2.75, 3.05) is 19.7 Å². The summed E-state index contributed by atoms with van der Waals surface area (Å²) in [7, 11) is 0. The van der Waals surface area contributed by atoms with Crippen molar-refractivity contribution in [1.82, 2.24) is 4.90 Å². The van der Waals surface area contributed by atoms with Gasteiger partial charge in [0.25, 0.3) is 0 Å². The number of ether oxygens (including phenoxy) is 1. The van der Waals surface area contributed by atoms with Crippen molar-refractivity contribution in [3.8, 4) is 11.1 Å². The first-order valence-corrected chi connectivity index (χ1v) is 8.88. The highest BCUT2D eigenvalue weighted by Crippen LogP contribution is 2.46. The second-order valence-electron chi connectivity index (χ2n) is 6.64. The molecule has 3 heteroatoms. The molecule has 1 aliphatic heterocycles. The molecule has 24 heavy (non-hydrogen) atoms.